The van der Waals surface area contributed by atoms with Crippen molar-refractivity contribution < 1.29 is 0 Å². The molecule has 0 aliphatic rings. The summed E-state index contributed by atoms with van der Waals surface area (Å²) in [4.78, 5) is 4.22. The van der Waals surface area contributed by atoms with Gasteiger partial charge in [-0.15, -0.1) is 11.3 Å². The molecule has 15 heavy (non-hydrogen) atoms. The van der Waals surface area contributed by atoms with E-state index in [0.717, 1.165) is 24.6 Å². The van der Waals surface area contributed by atoms with Gasteiger partial charge in [0.2, 0.25) is 0 Å². The van der Waals surface area contributed by atoms with Crippen molar-refractivity contribution in [2.75, 3.05) is 6.54 Å². The van der Waals surface area contributed by atoms with Crippen LogP contribution in [-0.2, 0) is 13.1 Å². The summed E-state index contributed by atoms with van der Waals surface area (Å²) >= 11 is 1.66. The molecule has 0 aliphatic carbocycles. The van der Waals surface area contributed by atoms with Crippen molar-refractivity contribution >= 4 is 11.3 Å². The lowest BCUT2D eigenvalue weighted by atomic mass is 10.3. The van der Waals surface area contributed by atoms with E-state index in [1.807, 2.05) is 22.5 Å². The lowest BCUT2D eigenvalue weighted by Crippen LogP contribution is -2.11. The van der Waals surface area contributed by atoms with E-state index in [1.54, 1.807) is 11.3 Å². The smallest absolute Gasteiger partial charge is 0.114 e. The molecule has 2 rings (SSSR count). The van der Waals surface area contributed by atoms with E-state index in [1.165, 1.54) is 5.56 Å². The fraction of sp³-hybridized carbons (Fsp3) is 0.400. The van der Waals surface area contributed by atoms with Gasteiger partial charge in [0, 0.05) is 29.9 Å². The zero-order valence-corrected chi connectivity index (χ0v) is 9.50. The molecule has 0 bridgehead atoms. The van der Waals surface area contributed by atoms with Crippen LogP contribution in [0.25, 0.3) is 0 Å². The number of nitrogens with zero attached hydrogens (tertiary/aromatic N) is 3. The van der Waals surface area contributed by atoms with E-state index in [9.17, 15) is 0 Å². The Morgan fingerprint density at radius 2 is 2.47 bits per heavy atom. The average molecular weight is 222 g/mol. The normalized spacial score (nSPS) is 10.7. The van der Waals surface area contributed by atoms with E-state index >= 15 is 0 Å². The first-order valence-corrected chi connectivity index (χ1v) is 5.87. The van der Waals surface area contributed by atoms with E-state index in [0.29, 0.717) is 0 Å². The van der Waals surface area contributed by atoms with Crippen LogP contribution < -0.4 is 5.32 Å². The summed E-state index contributed by atoms with van der Waals surface area (Å²) in [7, 11) is 0. The Morgan fingerprint density at radius 1 is 1.53 bits per heavy atom. The molecular formula is C10H14N4S. The number of rotatable bonds is 5. The summed E-state index contributed by atoms with van der Waals surface area (Å²) in [5, 5.41) is 10.6. The molecule has 2 aromatic rings. The van der Waals surface area contributed by atoms with Gasteiger partial charge < -0.3 is 5.32 Å². The number of nitrogens with one attached hydrogen (secondary N) is 1. The molecule has 0 aromatic carbocycles. The molecule has 0 atom stereocenters. The highest BCUT2D eigenvalue weighted by molar-refractivity contribution is 7.09. The Morgan fingerprint density at radius 3 is 3.20 bits per heavy atom. The number of thiazole rings is 1. The molecule has 4 nitrogen and oxygen atoms in total. The van der Waals surface area contributed by atoms with Gasteiger partial charge in [-0.25, -0.2) is 4.98 Å². The maximum Gasteiger partial charge on any atom is 0.114 e. The maximum atomic E-state index is 4.29. The zero-order chi connectivity index (χ0) is 10.5. The zero-order valence-electron chi connectivity index (χ0n) is 8.68. The summed E-state index contributed by atoms with van der Waals surface area (Å²) in [5.41, 5.74) is 1.22. The molecule has 0 fully saturated rings. The highest BCUT2D eigenvalue weighted by Crippen LogP contribution is 2.06. The summed E-state index contributed by atoms with van der Waals surface area (Å²) in [6.07, 6.45) is 5.78. The van der Waals surface area contributed by atoms with Gasteiger partial charge in [0.05, 0.1) is 12.7 Å². The first kappa shape index (κ1) is 10.3. The molecular weight excluding hydrogens is 208 g/mol. The predicted octanol–water partition coefficient (Wildman–Crippen LogP) is 1.50. The largest absolute Gasteiger partial charge is 0.313 e. The SMILES string of the molecule is CCNCc1cnn(Cc2nccs2)c1. The first-order chi connectivity index (χ1) is 7.38. The van der Waals surface area contributed by atoms with E-state index < -0.39 is 0 Å². The van der Waals surface area contributed by atoms with E-state index in [-0.39, 0.29) is 0 Å². The van der Waals surface area contributed by atoms with E-state index in [4.69, 9.17) is 0 Å². The molecule has 0 saturated carbocycles. The molecule has 2 aromatic heterocycles. The van der Waals surface area contributed by atoms with Crippen LogP contribution in [0.5, 0.6) is 0 Å². The van der Waals surface area contributed by atoms with Crippen LogP contribution in [0, 0.1) is 0 Å². The fourth-order valence-electron chi connectivity index (χ4n) is 1.32. The number of hydrogen-bond acceptors (Lipinski definition) is 4. The Balaban J connectivity index is 1.95. The summed E-state index contributed by atoms with van der Waals surface area (Å²) in [6, 6.07) is 0. The Labute approximate surface area is 93.0 Å². The van der Waals surface area contributed by atoms with Gasteiger partial charge in [0.15, 0.2) is 0 Å². The monoisotopic (exact) mass is 222 g/mol. The molecule has 5 heteroatoms. The molecule has 80 valence electrons. The van der Waals surface area contributed by atoms with Gasteiger partial charge >= 0.3 is 0 Å². The van der Waals surface area contributed by atoms with Crippen LogP contribution >= 0.6 is 11.3 Å². The minimum absolute atomic E-state index is 0.768. The van der Waals surface area contributed by atoms with Crippen molar-refractivity contribution in [3.8, 4) is 0 Å². The highest BCUT2D eigenvalue weighted by Gasteiger charge is 2.00. The van der Waals surface area contributed by atoms with Gasteiger partial charge in [-0.2, -0.15) is 5.10 Å². The van der Waals surface area contributed by atoms with Crippen molar-refractivity contribution in [2.24, 2.45) is 0 Å². The topological polar surface area (TPSA) is 42.7 Å². The van der Waals surface area contributed by atoms with Gasteiger partial charge in [-0.05, 0) is 6.54 Å². The predicted molar refractivity (Wildman–Crippen MR) is 60.8 cm³/mol. The van der Waals surface area contributed by atoms with Crippen LogP contribution in [0.1, 0.15) is 17.5 Å². The second kappa shape index (κ2) is 5.04. The second-order valence-corrected chi connectivity index (χ2v) is 4.23. The maximum absolute atomic E-state index is 4.29. The standard InChI is InChI=1S/C10H14N4S/c1-2-11-5-9-6-13-14(7-9)8-10-12-3-4-15-10/h3-4,6-7,11H,2,5,8H2,1H3. The van der Waals surface area contributed by atoms with Gasteiger partial charge in [0.25, 0.3) is 0 Å². The Bertz CT molecular complexity index is 393. The summed E-state index contributed by atoms with van der Waals surface area (Å²) in [5.74, 6) is 0. The molecule has 2 heterocycles. The summed E-state index contributed by atoms with van der Waals surface area (Å²) < 4.78 is 1.92. The Hall–Kier alpha value is -1.20. The number of hydrogen-bond donors (Lipinski definition) is 1. The first-order valence-electron chi connectivity index (χ1n) is 4.99. The highest BCUT2D eigenvalue weighted by atomic mass is 32.1. The lowest BCUT2D eigenvalue weighted by molar-refractivity contribution is 0.679. The summed E-state index contributed by atoms with van der Waals surface area (Å²) in [6.45, 7) is 4.73. The molecule has 0 unspecified atom stereocenters. The lowest BCUT2D eigenvalue weighted by Gasteiger charge is -1.97. The number of aromatic nitrogens is 3. The molecule has 0 amide bonds. The fourth-order valence-corrected chi connectivity index (χ4v) is 1.93. The van der Waals surface area contributed by atoms with Crippen LogP contribution in [0.3, 0.4) is 0 Å². The van der Waals surface area contributed by atoms with Crippen LogP contribution in [-0.4, -0.2) is 21.3 Å². The van der Waals surface area contributed by atoms with Gasteiger partial charge in [0.1, 0.15) is 5.01 Å². The van der Waals surface area contributed by atoms with Crippen molar-refractivity contribution in [1.82, 2.24) is 20.1 Å². The van der Waals surface area contributed by atoms with Crippen LogP contribution in [0.2, 0.25) is 0 Å². The molecule has 1 N–H and O–H groups in total. The average Bonchev–Trinajstić information content (AvgIpc) is 2.87. The third-order valence-electron chi connectivity index (χ3n) is 2.05. The van der Waals surface area contributed by atoms with Crippen LogP contribution in [0.15, 0.2) is 24.0 Å². The van der Waals surface area contributed by atoms with Crippen molar-refractivity contribution in [1.29, 1.82) is 0 Å². The molecule has 0 aliphatic heterocycles. The minimum Gasteiger partial charge on any atom is -0.313 e. The van der Waals surface area contributed by atoms with Crippen molar-refractivity contribution in [3.05, 3.63) is 34.5 Å². The van der Waals surface area contributed by atoms with Gasteiger partial charge in [-0.1, -0.05) is 6.92 Å². The van der Waals surface area contributed by atoms with Crippen molar-refractivity contribution in [3.63, 3.8) is 0 Å². The van der Waals surface area contributed by atoms with Gasteiger partial charge in [-0.3, -0.25) is 4.68 Å². The van der Waals surface area contributed by atoms with Crippen molar-refractivity contribution in [2.45, 2.75) is 20.0 Å². The second-order valence-electron chi connectivity index (χ2n) is 3.25. The quantitative estimate of drug-likeness (QED) is 0.833. The van der Waals surface area contributed by atoms with E-state index in [2.05, 4.69) is 28.5 Å². The molecule has 0 spiro atoms. The molecule has 0 saturated heterocycles. The van der Waals surface area contributed by atoms with Crippen LogP contribution in [0.4, 0.5) is 0 Å². The minimum atomic E-state index is 0.768. The Kier molecular flexibility index (Phi) is 3.47. The third kappa shape index (κ3) is 2.87. The molecule has 0 radical (unpaired) electrons. The third-order valence-corrected chi connectivity index (χ3v) is 2.81.